The molecule has 0 aliphatic carbocycles. The number of rotatable bonds is 15. The molecule has 0 aliphatic rings. The van der Waals surface area contributed by atoms with E-state index in [1.807, 2.05) is 44.2 Å². The quantitative estimate of drug-likeness (QED) is 0.240. The predicted molar refractivity (Wildman–Crippen MR) is 155 cm³/mol. The van der Waals surface area contributed by atoms with E-state index in [-0.39, 0.29) is 35.8 Å². The summed E-state index contributed by atoms with van der Waals surface area (Å²) in [6.07, 6.45) is 2.03. The van der Waals surface area contributed by atoms with Crippen molar-refractivity contribution < 1.29 is 27.8 Å². The minimum atomic E-state index is -3.86. The van der Waals surface area contributed by atoms with Gasteiger partial charge < -0.3 is 15.5 Å². The summed E-state index contributed by atoms with van der Waals surface area (Å²) in [6, 6.07) is 20.5. The molecule has 1 atom stereocenters. The van der Waals surface area contributed by atoms with E-state index < -0.39 is 22.1 Å². The number of sulfonamides is 1. The van der Waals surface area contributed by atoms with Crippen molar-refractivity contribution >= 4 is 16.0 Å². The summed E-state index contributed by atoms with van der Waals surface area (Å²) in [7, 11) is -2.41. The maximum Gasteiger partial charge on any atom is 0.303 e. The van der Waals surface area contributed by atoms with Crippen molar-refractivity contribution in [2.45, 2.75) is 62.5 Å². The first kappa shape index (κ1) is 31.4. The number of aryl methyl sites for hydroxylation is 2. The number of halogens is 1. The van der Waals surface area contributed by atoms with Gasteiger partial charge in [-0.15, -0.1) is 0 Å². The first-order valence-corrected chi connectivity index (χ1v) is 14.8. The molecule has 40 heavy (non-hydrogen) atoms. The van der Waals surface area contributed by atoms with Crippen molar-refractivity contribution in [1.82, 2.24) is 9.62 Å². The summed E-state index contributed by atoms with van der Waals surface area (Å²) < 4.78 is 40.8. The highest BCUT2D eigenvalue weighted by Gasteiger charge is 2.25. The zero-order valence-electron chi connectivity index (χ0n) is 23.3. The van der Waals surface area contributed by atoms with Crippen LogP contribution in [0.5, 0.6) is 0 Å². The van der Waals surface area contributed by atoms with Crippen LogP contribution in [0.15, 0.2) is 77.7 Å². The molecule has 7 nitrogen and oxygen atoms in total. The van der Waals surface area contributed by atoms with Crippen LogP contribution in [-0.2, 0) is 27.7 Å². The summed E-state index contributed by atoms with van der Waals surface area (Å²) >= 11 is 0. The summed E-state index contributed by atoms with van der Waals surface area (Å²) in [5, 5.41) is 22.9. The van der Waals surface area contributed by atoms with E-state index in [1.54, 1.807) is 24.3 Å². The number of aliphatic hydroxyl groups is 1. The van der Waals surface area contributed by atoms with Gasteiger partial charge in [-0.05, 0) is 86.1 Å². The number of carboxylic acid groups (broad SMARTS) is 1. The van der Waals surface area contributed by atoms with Crippen LogP contribution in [0, 0.1) is 5.82 Å². The summed E-state index contributed by atoms with van der Waals surface area (Å²) in [5.41, 5.74) is 3.16. The Morgan fingerprint density at radius 1 is 0.975 bits per heavy atom. The van der Waals surface area contributed by atoms with E-state index in [4.69, 9.17) is 5.11 Å². The van der Waals surface area contributed by atoms with Crippen LogP contribution in [0.4, 0.5) is 4.39 Å². The molecule has 3 N–H and O–H groups in total. The highest BCUT2D eigenvalue weighted by molar-refractivity contribution is 7.89. The molecule has 0 aliphatic heterocycles. The molecule has 3 aromatic rings. The Bertz CT molecular complexity index is 1380. The average Bonchev–Trinajstić information content (AvgIpc) is 2.92. The number of aliphatic carboxylic acids is 1. The van der Waals surface area contributed by atoms with Crippen molar-refractivity contribution in [3.63, 3.8) is 0 Å². The molecule has 0 bridgehead atoms. The minimum absolute atomic E-state index is 0.0209. The Hall–Kier alpha value is -3.11. The standard InChI is InChI=1S/C31H39FN2O5S/c1-31(2,18-6-8-23-12-15-27(32)16-13-23)33-21-28(35)22-34(3)40(38,39)29-11-5-10-26(20-29)25-9-4-7-24(19-25)14-17-30(36)37/h4-5,7,9-13,15-16,19-20,28,33,35H,6,8,14,17-18,21-22H2,1-3H3,(H,36,37). The molecule has 0 radical (unpaired) electrons. The second kappa shape index (κ2) is 14.0. The number of benzene rings is 3. The number of hydrogen-bond donors (Lipinski definition) is 3. The van der Waals surface area contributed by atoms with E-state index in [1.165, 1.54) is 25.2 Å². The largest absolute Gasteiger partial charge is 0.481 e. The Labute approximate surface area is 236 Å². The number of nitrogens with one attached hydrogen (secondary N) is 1. The molecule has 1 unspecified atom stereocenters. The van der Waals surface area contributed by atoms with Gasteiger partial charge in [-0.1, -0.05) is 48.5 Å². The van der Waals surface area contributed by atoms with E-state index in [0.717, 1.165) is 40.3 Å². The smallest absolute Gasteiger partial charge is 0.303 e. The van der Waals surface area contributed by atoms with Crippen LogP contribution in [0.2, 0.25) is 0 Å². The van der Waals surface area contributed by atoms with Gasteiger partial charge in [0.25, 0.3) is 0 Å². The molecule has 0 saturated carbocycles. The molecule has 0 fully saturated rings. The lowest BCUT2D eigenvalue weighted by Gasteiger charge is -2.29. The van der Waals surface area contributed by atoms with Gasteiger partial charge in [-0.25, -0.2) is 12.8 Å². The van der Waals surface area contributed by atoms with Crippen molar-refractivity contribution in [2.24, 2.45) is 0 Å². The van der Waals surface area contributed by atoms with Crippen LogP contribution in [0.1, 0.15) is 44.2 Å². The SMILES string of the molecule is CN(CC(O)CNC(C)(C)CCCc1ccc(F)cc1)S(=O)(=O)c1cccc(-c2cccc(CCC(=O)O)c2)c1. The monoisotopic (exact) mass is 570 g/mol. The first-order chi connectivity index (χ1) is 18.9. The van der Waals surface area contributed by atoms with Gasteiger partial charge in [0.05, 0.1) is 11.0 Å². The normalized spacial score (nSPS) is 12.9. The number of likely N-dealkylation sites (N-methyl/N-ethyl adjacent to an activating group) is 1. The predicted octanol–water partition coefficient (Wildman–Crippen LogP) is 4.88. The highest BCUT2D eigenvalue weighted by Crippen LogP contribution is 2.25. The Balaban J connectivity index is 1.56. The van der Waals surface area contributed by atoms with Crippen LogP contribution in [-0.4, -0.2) is 60.7 Å². The lowest BCUT2D eigenvalue weighted by atomic mass is 9.95. The maximum atomic E-state index is 13.3. The molecule has 3 rings (SSSR count). The molecule has 0 amide bonds. The van der Waals surface area contributed by atoms with Crippen molar-refractivity contribution in [1.29, 1.82) is 0 Å². The summed E-state index contributed by atoms with van der Waals surface area (Å²) in [4.78, 5) is 11.0. The van der Waals surface area contributed by atoms with Crippen LogP contribution >= 0.6 is 0 Å². The highest BCUT2D eigenvalue weighted by atomic mass is 32.2. The number of nitrogens with zero attached hydrogens (tertiary/aromatic N) is 1. The molecule has 9 heteroatoms. The lowest BCUT2D eigenvalue weighted by Crippen LogP contribution is -2.46. The number of carboxylic acids is 1. The molecule has 216 valence electrons. The summed E-state index contributed by atoms with van der Waals surface area (Å²) in [6.45, 7) is 4.22. The second-order valence-electron chi connectivity index (χ2n) is 10.8. The van der Waals surface area contributed by atoms with E-state index in [2.05, 4.69) is 5.32 Å². The Morgan fingerprint density at radius 3 is 2.30 bits per heavy atom. The average molecular weight is 571 g/mol. The zero-order valence-corrected chi connectivity index (χ0v) is 24.1. The Morgan fingerprint density at radius 2 is 1.62 bits per heavy atom. The van der Waals surface area contributed by atoms with Gasteiger partial charge in [0.1, 0.15) is 5.82 Å². The number of hydrogen-bond acceptors (Lipinski definition) is 5. The minimum Gasteiger partial charge on any atom is -0.481 e. The van der Waals surface area contributed by atoms with Crippen molar-refractivity contribution in [3.8, 4) is 11.1 Å². The van der Waals surface area contributed by atoms with Crippen molar-refractivity contribution in [3.05, 3.63) is 89.7 Å². The van der Waals surface area contributed by atoms with Gasteiger partial charge in [0.2, 0.25) is 10.0 Å². The third-order valence-electron chi connectivity index (χ3n) is 6.89. The van der Waals surface area contributed by atoms with E-state index in [9.17, 15) is 22.7 Å². The van der Waals surface area contributed by atoms with E-state index >= 15 is 0 Å². The second-order valence-corrected chi connectivity index (χ2v) is 12.9. The van der Waals surface area contributed by atoms with Crippen LogP contribution in [0.25, 0.3) is 11.1 Å². The number of β-amino-alcohol motifs (C(OH)–C–C–N with tert-alkyl or cyclic N) is 1. The fourth-order valence-corrected chi connectivity index (χ4v) is 5.76. The van der Waals surface area contributed by atoms with Crippen LogP contribution in [0.3, 0.4) is 0 Å². The molecule has 3 aromatic carbocycles. The molecular formula is C31H39FN2O5S. The van der Waals surface area contributed by atoms with E-state index in [0.29, 0.717) is 12.0 Å². The first-order valence-electron chi connectivity index (χ1n) is 13.4. The maximum absolute atomic E-state index is 13.3. The van der Waals surface area contributed by atoms with Gasteiger partial charge >= 0.3 is 5.97 Å². The molecule has 0 heterocycles. The van der Waals surface area contributed by atoms with Crippen molar-refractivity contribution in [2.75, 3.05) is 20.1 Å². The Kier molecular flexibility index (Phi) is 11.0. The van der Waals surface area contributed by atoms with Crippen LogP contribution < -0.4 is 5.32 Å². The third kappa shape index (κ3) is 9.52. The molecule has 0 aromatic heterocycles. The fraction of sp³-hybridized carbons (Fsp3) is 0.387. The van der Waals surface area contributed by atoms with Gasteiger partial charge in [0.15, 0.2) is 0 Å². The molecule has 0 spiro atoms. The lowest BCUT2D eigenvalue weighted by molar-refractivity contribution is -0.136. The summed E-state index contributed by atoms with van der Waals surface area (Å²) in [5.74, 6) is -1.12. The molecular weight excluding hydrogens is 531 g/mol. The van der Waals surface area contributed by atoms with Gasteiger partial charge in [-0.3, -0.25) is 4.79 Å². The topological polar surface area (TPSA) is 107 Å². The number of aliphatic hydroxyl groups excluding tert-OH is 1. The fourth-order valence-electron chi connectivity index (χ4n) is 4.50. The van der Waals surface area contributed by atoms with Gasteiger partial charge in [0, 0.05) is 32.1 Å². The third-order valence-corrected chi connectivity index (χ3v) is 8.71. The number of carbonyl (C=O) groups is 1. The molecule has 0 saturated heterocycles. The van der Waals surface area contributed by atoms with Gasteiger partial charge in [-0.2, -0.15) is 4.31 Å². The zero-order chi connectivity index (χ0) is 29.3.